The molecule has 1 N–H and O–H groups in total. The van der Waals surface area contributed by atoms with Gasteiger partial charge in [-0.2, -0.15) is 0 Å². The van der Waals surface area contributed by atoms with Gasteiger partial charge in [0.15, 0.2) is 0 Å². The molecule has 1 fully saturated rings. The molecule has 0 bridgehead atoms. The summed E-state index contributed by atoms with van der Waals surface area (Å²) in [4.78, 5) is 19.7. The molecule has 7 heteroatoms. The van der Waals surface area contributed by atoms with Crippen LogP contribution in [0.1, 0.15) is 23.7 Å². The van der Waals surface area contributed by atoms with Gasteiger partial charge in [-0.3, -0.25) is 4.79 Å². The molecule has 0 unspecified atom stereocenters. The third-order valence-corrected chi connectivity index (χ3v) is 6.48. The molecule has 4 aromatic rings. The number of rotatable bonds is 8. The number of amides is 1. The average Bonchev–Trinajstić information content (AvgIpc) is 3.44. The number of aliphatic hydroxyl groups is 1. The van der Waals surface area contributed by atoms with Crippen LogP contribution in [0.3, 0.4) is 0 Å². The van der Waals surface area contributed by atoms with Crippen molar-refractivity contribution >= 4 is 22.6 Å². The van der Waals surface area contributed by atoms with E-state index in [1.807, 2.05) is 89.2 Å². The molecule has 1 aromatic heterocycles. The molecule has 0 aliphatic carbocycles. The first-order valence-electron chi connectivity index (χ1n) is 11.8. The number of anilines is 1. The van der Waals surface area contributed by atoms with Crippen LogP contribution in [0, 0.1) is 6.92 Å². The van der Waals surface area contributed by atoms with Crippen molar-refractivity contribution in [3.8, 4) is 11.5 Å². The van der Waals surface area contributed by atoms with Crippen LogP contribution in [-0.4, -0.2) is 46.9 Å². The van der Waals surface area contributed by atoms with Gasteiger partial charge in [0.2, 0.25) is 5.91 Å². The van der Waals surface area contributed by atoms with Crippen molar-refractivity contribution in [1.82, 2.24) is 9.55 Å². The van der Waals surface area contributed by atoms with E-state index in [4.69, 9.17) is 14.5 Å². The van der Waals surface area contributed by atoms with Crippen LogP contribution in [0.15, 0.2) is 72.8 Å². The number of aryl methyl sites for hydroxylation is 1. The van der Waals surface area contributed by atoms with Crippen molar-refractivity contribution in [1.29, 1.82) is 0 Å². The SMILES string of the molecule is COc1ccc(OC[C@@H](O)Cn2c([C@@H]3CC(=O)N(c4ccccc4C)C3)nc3ccccc32)cc1. The molecule has 5 rings (SSSR count). The van der Waals surface area contributed by atoms with Gasteiger partial charge in [-0.25, -0.2) is 4.98 Å². The highest BCUT2D eigenvalue weighted by molar-refractivity contribution is 5.97. The second-order valence-electron chi connectivity index (χ2n) is 8.90. The molecule has 1 aliphatic rings. The Balaban J connectivity index is 1.36. The summed E-state index contributed by atoms with van der Waals surface area (Å²) in [6.07, 6.45) is -0.367. The number of imidazole rings is 1. The summed E-state index contributed by atoms with van der Waals surface area (Å²) in [6, 6.07) is 23.1. The average molecular weight is 472 g/mol. The van der Waals surface area contributed by atoms with Crippen molar-refractivity contribution in [2.45, 2.75) is 31.9 Å². The van der Waals surface area contributed by atoms with E-state index >= 15 is 0 Å². The lowest BCUT2D eigenvalue weighted by Gasteiger charge is -2.20. The first-order chi connectivity index (χ1) is 17.0. The lowest BCUT2D eigenvalue weighted by molar-refractivity contribution is -0.117. The molecule has 7 nitrogen and oxygen atoms in total. The summed E-state index contributed by atoms with van der Waals surface area (Å²) in [5.74, 6) is 2.25. The van der Waals surface area contributed by atoms with Gasteiger partial charge in [0.25, 0.3) is 0 Å². The van der Waals surface area contributed by atoms with Gasteiger partial charge in [0.05, 0.1) is 24.7 Å². The third kappa shape index (κ3) is 4.72. The second-order valence-corrected chi connectivity index (χ2v) is 8.90. The minimum atomic E-state index is -0.752. The third-order valence-electron chi connectivity index (χ3n) is 6.48. The van der Waals surface area contributed by atoms with E-state index in [0.29, 0.717) is 25.3 Å². The molecule has 1 aliphatic heterocycles. The van der Waals surface area contributed by atoms with E-state index in [-0.39, 0.29) is 18.4 Å². The van der Waals surface area contributed by atoms with Gasteiger partial charge in [0, 0.05) is 24.6 Å². The zero-order chi connectivity index (χ0) is 24.4. The van der Waals surface area contributed by atoms with Gasteiger partial charge in [-0.15, -0.1) is 0 Å². The predicted octanol–water partition coefficient (Wildman–Crippen LogP) is 4.31. The topological polar surface area (TPSA) is 76.8 Å². The Morgan fingerprint density at radius 3 is 2.51 bits per heavy atom. The molecule has 1 amide bonds. The van der Waals surface area contributed by atoms with Gasteiger partial charge in [0.1, 0.15) is 30.0 Å². The number of methoxy groups -OCH3 is 1. The highest BCUT2D eigenvalue weighted by Gasteiger charge is 2.35. The quantitative estimate of drug-likeness (QED) is 0.414. The molecule has 2 heterocycles. The Morgan fingerprint density at radius 2 is 1.74 bits per heavy atom. The van der Waals surface area contributed by atoms with Crippen LogP contribution in [0.25, 0.3) is 11.0 Å². The molecule has 0 radical (unpaired) electrons. The maximum absolute atomic E-state index is 13.0. The number of para-hydroxylation sites is 3. The molecule has 180 valence electrons. The number of carbonyl (C=O) groups excluding carboxylic acids is 1. The number of fused-ring (bicyclic) bond motifs is 1. The van der Waals surface area contributed by atoms with E-state index in [1.165, 1.54) is 0 Å². The molecule has 35 heavy (non-hydrogen) atoms. The van der Waals surface area contributed by atoms with Crippen LogP contribution in [0.4, 0.5) is 5.69 Å². The molecular formula is C28H29N3O4. The first-order valence-corrected chi connectivity index (χ1v) is 11.8. The van der Waals surface area contributed by atoms with Crippen LogP contribution in [0.2, 0.25) is 0 Å². The summed E-state index contributed by atoms with van der Waals surface area (Å²) in [6.45, 7) is 3.04. The highest BCUT2D eigenvalue weighted by atomic mass is 16.5. The molecule has 0 spiro atoms. The fraction of sp³-hybridized carbons (Fsp3) is 0.286. The molecular weight excluding hydrogens is 442 g/mol. The lowest BCUT2D eigenvalue weighted by atomic mass is 10.1. The molecule has 0 saturated carbocycles. The number of aromatic nitrogens is 2. The molecule has 1 saturated heterocycles. The lowest BCUT2D eigenvalue weighted by Crippen LogP contribution is -2.27. The fourth-order valence-corrected chi connectivity index (χ4v) is 4.71. The highest BCUT2D eigenvalue weighted by Crippen LogP contribution is 2.34. The monoisotopic (exact) mass is 471 g/mol. The Kier molecular flexibility index (Phi) is 6.42. The summed E-state index contributed by atoms with van der Waals surface area (Å²) in [7, 11) is 1.62. The van der Waals surface area contributed by atoms with Crippen LogP contribution in [-0.2, 0) is 11.3 Å². The zero-order valence-corrected chi connectivity index (χ0v) is 19.9. The Hall–Kier alpha value is -3.84. The normalized spacial score (nSPS) is 16.6. The smallest absolute Gasteiger partial charge is 0.227 e. The van der Waals surface area contributed by atoms with Crippen molar-refractivity contribution < 1.29 is 19.4 Å². The van der Waals surface area contributed by atoms with Gasteiger partial charge in [-0.05, 0) is 55.0 Å². The summed E-state index contributed by atoms with van der Waals surface area (Å²) in [5, 5.41) is 10.9. The fourth-order valence-electron chi connectivity index (χ4n) is 4.71. The van der Waals surface area contributed by atoms with Gasteiger partial charge < -0.3 is 24.0 Å². The zero-order valence-electron chi connectivity index (χ0n) is 19.9. The number of nitrogens with zero attached hydrogens (tertiary/aromatic N) is 3. The second kappa shape index (κ2) is 9.80. The number of carbonyl (C=O) groups is 1. The molecule has 3 aromatic carbocycles. The number of hydrogen-bond acceptors (Lipinski definition) is 5. The number of ether oxygens (including phenoxy) is 2. The largest absolute Gasteiger partial charge is 0.497 e. The Bertz CT molecular complexity index is 1330. The predicted molar refractivity (Wildman–Crippen MR) is 135 cm³/mol. The maximum atomic E-state index is 13.0. The number of benzene rings is 3. The van der Waals surface area contributed by atoms with E-state index in [9.17, 15) is 9.90 Å². The minimum Gasteiger partial charge on any atom is -0.497 e. The van der Waals surface area contributed by atoms with Crippen LogP contribution >= 0.6 is 0 Å². The van der Waals surface area contributed by atoms with E-state index < -0.39 is 6.10 Å². The standard InChI is InChI=1S/C28H29N3O4/c1-19-7-3-5-9-25(19)30-16-20(15-27(30)33)28-29-24-8-4-6-10-26(24)31(28)17-21(32)18-35-23-13-11-22(34-2)12-14-23/h3-14,20-21,32H,15-18H2,1-2H3/t20-,21+/m1/s1. The summed E-state index contributed by atoms with van der Waals surface area (Å²) in [5.41, 5.74) is 3.80. The van der Waals surface area contributed by atoms with Gasteiger partial charge >= 0.3 is 0 Å². The Labute approximate surface area is 204 Å². The number of aliphatic hydroxyl groups excluding tert-OH is 1. The van der Waals surface area contributed by atoms with Gasteiger partial charge in [-0.1, -0.05) is 30.3 Å². The minimum absolute atomic E-state index is 0.0655. The van der Waals surface area contributed by atoms with Crippen LogP contribution in [0.5, 0.6) is 11.5 Å². The van der Waals surface area contributed by atoms with E-state index in [2.05, 4.69) is 0 Å². The Morgan fingerprint density at radius 1 is 1.03 bits per heavy atom. The first kappa shape index (κ1) is 22.9. The summed E-state index contributed by atoms with van der Waals surface area (Å²) >= 11 is 0. The van der Waals surface area contributed by atoms with Crippen molar-refractivity contribution in [2.75, 3.05) is 25.2 Å². The maximum Gasteiger partial charge on any atom is 0.227 e. The van der Waals surface area contributed by atoms with Crippen molar-refractivity contribution in [3.05, 3.63) is 84.2 Å². The number of hydrogen-bond donors (Lipinski definition) is 1. The van der Waals surface area contributed by atoms with Crippen molar-refractivity contribution in [2.24, 2.45) is 0 Å². The summed E-state index contributed by atoms with van der Waals surface area (Å²) < 4.78 is 13.0. The van der Waals surface area contributed by atoms with E-state index in [1.54, 1.807) is 7.11 Å². The van der Waals surface area contributed by atoms with Crippen molar-refractivity contribution in [3.63, 3.8) is 0 Å². The van der Waals surface area contributed by atoms with E-state index in [0.717, 1.165) is 33.9 Å². The molecule has 2 atom stereocenters. The van der Waals surface area contributed by atoms with Crippen LogP contribution < -0.4 is 14.4 Å².